The maximum Gasteiger partial charge on any atom is 0.182 e. The predicted octanol–water partition coefficient (Wildman–Crippen LogP) is 0.453. The predicted molar refractivity (Wildman–Crippen MR) is 48.4 cm³/mol. The molecule has 1 fully saturated rings. The number of hydrogen-bond acceptors (Lipinski definition) is 3. The van der Waals surface area contributed by atoms with E-state index in [1.807, 2.05) is 0 Å². The van der Waals surface area contributed by atoms with E-state index in [4.69, 9.17) is 29.8 Å². The van der Waals surface area contributed by atoms with Crippen molar-refractivity contribution < 1.29 is 0 Å². The molecule has 0 radical (unpaired) electrons. The molecule has 54 valence electrons. The van der Waals surface area contributed by atoms with E-state index in [0.717, 1.165) is 0 Å². The zero-order chi connectivity index (χ0) is 7.89. The van der Waals surface area contributed by atoms with Crippen molar-refractivity contribution in [3.63, 3.8) is 0 Å². The smallest absolute Gasteiger partial charge is 0.182 e. The van der Waals surface area contributed by atoms with E-state index in [2.05, 4.69) is 0 Å². The van der Waals surface area contributed by atoms with Gasteiger partial charge in [-0.2, -0.15) is 0 Å². The van der Waals surface area contributed by atoms with Crippen LogP contribution in [0.2, 0.25) is 0 Å². The van der Waals surface area contributed by atoms with E-state index < -0.39 is 0 Å². The average Bonchev–Trinajstić information content (AvgIpc) is 2.07. The van der Waals surface area contributed by atoms with Crippen molar-refractivity contribution in [1.29, 1.82) is 5.41 Å². The van der Waals surface area contributed by atoms with Gasteiger partial charge in [-0.3, -0.25) is 5.41 Å². The van der Waals surface area contributed by atoms with Crippen LogP contribution in [-0.4, -0.2) is 39.8 Å². The van der Waals surface area contributed by atoms with E-state index in [0.29, 0.717) is 15.9 Å². The van der Waals surface area contributed by atoms with Crippen LogP contribution in [0.1, 0.15) is 0 Å². The summed E-state index contributed by atoms with van der Waals surface area (Å²) in [6, 6.07) is 0. The van der Waals surface area contributed by atoms with Crippen LogP contribution < -0.4 is 0 Å². The Morgan fingerprint density at radius 1 is 1.20 bits per heavy atom. The van der Waals surface area contributed by atoms with Gasteiger partial charge in [-0.05, 0) is 12.2 Å². The van der Waals surface area contributed by atoms with Crippen LogP contribution >= 0.6 is 24.4 Å². The zero-order valence-electron chi connectivity index (χ0n) is 5.71. The minimum atomic E-state index is 0.308. The number of rotatable bonds is 0. The minimum Gasteiger partial charge on any atom is -0.309 e. The minimum absolute atomic E-state index is 0.308. The van der Waals surface area contributed by atoms with E-state index in [9.17, 15) is 0 Å². The number of amidine groups is 1. The molecule has 1 rings (SSSR count). The summed E-state index contributed by atoms with van der Waals surface area (Å²) >= 11 is 9.83. The summed E-state index contributed by atoms with van der Waals surface area (Å²) < 4.78 is 0. The normalized spacial score (nSPS) is 19.2. The third-order valence-corrected chi connectivity index (χ3v) is 2.43. The van der Waals surface area contributed by atoms with E-state index in [-0.39, 0.29) is 0 Å². The van der Waals surface area contributed by atoms with Gasteiger partial charge in [-0.25, -0.2) is 0 Å². The molecule has 1 aliphatic heterocycles. The van der Waals surface area contributed by atoms with Crippen LogP contribution in [0.15, 0.2) is 0 Å². The SMILES string of the molecule is CN1C(=N)C(=S)N(C)C1=S. The Hall–Kier alpha value is -0.550. The average molecular weight is 173 g/mol. The Bertz CT molecular complexity index is 201. The first kappa shape index (κ1) is 7.56. The Balaban J connectivity index is 3.00. The summed E-state index contributed by atoms with van der Waals surface area (Å²) in [5.74, 6) is 0.308. The van der Waals surface area contributed by atoms with Crippen LogP contribution in [0.5, 0.6) is 0 Å². The van der Waals surface area contributed by atoms with Crippen molar-refractivity contribution in [3.05, 3.63) is 0 Å². The number of thiocarbonyl (C=S) groups is 2. The molecular formula is C5H7N3S2. The summed E-state index contributed by atoms with van der Waals surface area (Å²) in [6.45, 7) is 0. The van der Waals surface area contributed by atoms with E-state index in [1.165, 1.54) is 0 Å². The zero-order valence-corrected chi connectivity index (χ0v) is 7.34. The maximum atomic E-state index is 7.38. The molecular weight excluding hydrogens is 166 g/mol. The number of hydrogen-bond donors (Lipinski definition) is 1. The largest absolute Gasteiger partial charge is 0.309 e. The number of nitrogens with one attached hydrogen (secondary N) is 1. The molecule has 0 amide bonds. The fourth-order valence-electron chi connectivity index (χ4n) is 0.710. The molecule has 1 N–H and O–H groups in total. The molecule has 5 heteroatoms. The Morgan fingerprint density at radius 2 is 1.70 bits per heavy atom. The summed E-state index contributed by atoms with van der Waals surface area (Å²) in [5, 5.41) is 7.97. The Morgan fingerprint density at radius 3 is 1.80 bits per heavy atom. The molecule has 0 aromatic heterocycles. The van der Waals surface area contributed by atoms with Crippen molar-refractivity contribution in [3.8, 4) is 0 Å². The lowest BCUT2D eigenvalue weighted by atomic mass is 10.6. The molecule has 1 heterocycles. The molecule has 0 aromatic rings. The van der Waals surface area contributed by atoms with Gasteiger partial charge < -0.3 is 9.80 Å². The molecule has 1 saturated heterocycles. The molecule has 0 atom stereocenters. The van der Waals surface area contributed by atoms with Crippen LogP contribution in [-0.2, 0) is 0 Å². The standard InChI is InChI=1S/C5H7N3S2/c1-7-3(6)4(9)8(2)5(7)10/h6H,1-2H3. The first-order valence-electron chi connectivity index (χ1n) is 2.70. The quantitative estimate of drug-likeness (QED) is 0.539. The van der Waals surface area contributed by atoms with Crippen molar-refractivity contribution in [1.82, 2.24) is 9.80 Å². The van der Waals surface area contributed by atoms with Crippen LogP contribution in [0, 0.1) is 5.41 Å². The molecule has 0 aliphatic carbocycles. The van der Waals surface area contributed by atoms with E-state index in [1.54, 1.807) is 23.9 Å². The molecule has 0 saturated carbocycles. The summed E-state index contributed by atoms with van der Waals surface area (Å²) in [5.41, 5.74) is 0. The van der Waals surface area contributed by atoms with Gasteiger partial charge in [0, 0.05) is 14.1 Å². The summed E-state index contributed by atoms with van der Waals surface area (Å²) in [4.78, 5) is 3.72. The number of nitrogens with zero attached hydrogens (tertiary/aromatic N) is 2. The van der Waals surface area contributed by atoms with Gasteiger partial charge in [-0.1, -0.05) is 12.2 Å². The second-order valence-corrected chi connectivity index (χ2v) is 2.81. The highest BCUT2D eigenvalue weighted by Gasteiger charge is 2.29. The van der Waals surface area contributed by atoms with Crippen LogP contribution in [0.3, 0.4) is 0 Å². The topological polar surface area (TPSA) is 30.3 Å². The fourth-order valence-corrected chi connectivity index (χ4v) is 1.17. The van der Waals surface area contributed by atoms with Gasteiger partial charge in [0.1, 0.15) is 0 Å². The second-order valence-electron chi connectivity index (χ2n) is 2.05. The van der Waals surface area contributed by atoms with Gasteiger partial charge in [-0.15, -0.1) is 0 Å². The highest BCUT2D eigenvalue weighted by atomic mass is 32.1. The fraction of sp³-hybridized carbons (Fsp3) is 0.400. The van der Waals surface area contributed by atoms with Gasteiger partial charge in [0.05, 0.1) is 0 Å². The molecule has 3 nitrogen and oxygen atoms in total. The maximum absolute atomic E-state index is 7.38. The first-order valence-corrected chi connectivity index (χ1v) is 3.51. The molecule has 1 aliphatic rings. The van der Waals surface area contributed by atoms with Crippen LogP contribution in [0.4, 0.5) is 0 Å². The Kier molecular flexibility index (Phi) is 1.70. The summed E-state index contributed by atoms with van der Waals surface area (Å²) in [6.07, 6.45) is 0. The molecule has 10 heavy (non-hydrogen) atoms. The van der Waals surface area contributed by atoms with Gasteiger partial charge in [0.2, 0.25) is 0 Å². The highest BCUT2D eigenvalue weighted by Crippen LogP contribution is 2.08. The third kappa shape index (κ3) is 0.819. The molecule has 0 bridgehead atoms. The molecule has 0 spiro atoms. The summed E-state index contributed by atoms with van der Waals surface area (Å²) in [7, 11) is 3.50. The van der Waals surface area contributed by atoms with E-state index >= 15 is 0 Å². The molecule has 0 aromatic carbocycles. The first-order chi connectivity index (χ1) is 4.55. The van der Waals surface area contributed by atoms with Gasteiger partial charge >= 0.3 is 0 Å². The lowest BCUT2D eigenvalue weighted by Gasteiger charge is -2.10. The highest BCUT2D eigenvalue weighted by molar-refractivity contribution is 7.83. The van der Waals surface area contributed by atoms with Crippen LogP contribution in [0.25, 0.3) is 0 Å². The third-order valence-electron chi connectivity index (χ3n) is 1.42. The van der Waals surface area contributed by atoms with Crippen molar-refractivity contribution in [2.75, 3.05) is 14.1 Å². The van der Waals surface area contributed by atoms with Gasteiger partial charge in [0.15, 0.2) is 15.9 Å². The van der Waals surface area contributed by atoms with Crippen molar-refractivity contribution in [2.45, 2.75) is 0 Å². The second kappa shape index (κ2) is 2.25. The lowest BCUT2D eigenvalue weighted by molar-refractivity contribution is 0.686. The number of likely N-dealkylation sites (N-methyl/N-ethyl adjacent to an activating group) is 2. The van der Waals surface area contributed by atoms with Crippen molar-refractivity contribution in [2.24, 2.45) is 0 Å². The monoisotopic (exact) mass is 173 g/mol. The lowest BCUT2D eigenvalue weighted by Crippen LogP contribution is -2.26. The van der Waals surface area contributed by atoms with Gasteiger partial charge in [0.25, 0.3) is 0 Å². The molecule has 0 unspecified atom stereocenters. The van der Waals surface area contributed by atoms with Crippen molar-refractivity contribution >= 4 is 40.4 Å². The Labute approximate surface area is 70.1 Å².